The number of benzene rings is 5. The van der Waals surface area contributed by atoms with Gasteiger partial charge >= 0.3 is 5.97 Å². The Hall–Kier alpha value is -4.51. The standard InChI is InChI=1S/C34H29NO3/c36-32(37)26-38-34(30-22-12-4-13-23-30,31-24-14-5-15-25-31)35-33(27-16-6-1-7-17-27,28-18-8-2-9-19-28)29-20-10-3-11-21-29/h1-25,35H,26H2,(H,36,37). The summed E-state index contributed by atoms with van der Waals surface area (Å²) in [6, 6.07) is 50.1. The van der Waals surface area contributed by atoms with Crippen LogP contribution in [0.3, 0.4) is 0 Å². The Morgan fingerprint density at radius 1 is 0.526 bits per heavy atom. The minimum Gasteiger partial charge on any atom is -0.480 e. The molecule has 0 heterocycles. The Morgan fingerprint density at radius 2 is 0.816 bits per heavy atom. The maximum absolute atomic E-state index is 11.9. The Labute approximate surface area is 223 Å². The van der Waals surface area contributed by atoms with E-state index in [0.29, 0.717) is 0 Å². The fourth-order valence-corrected chi connectivity index (χ4v) is 5.07. The molecular weight excluding hydrogens is 470 g/mol. The molecule has 0 fully saturated rings. The highest BCUT2D eigenvalue weighted by Gasteiger charge is 2.47. The first-order valence-electron chi connectivity index (χ1n) is 12.6. The lowest BCUT2D eigenvalue weighted by molar-refractivity contribution is -0.151. The molecule has 0 aliphatic rings. The molecule has 0 aliphatic heterocycles. The maximum Gasteiger partial charge on any atom is 0.329 e. The van der Waals surface area contributed by atoms with Gasteiger partial charge in [-0.1, -0.05) is 152 Å². The van der Waals surface area contributed by atoms with Crippen molar-refractivity contribution in [1.29, 1.82) is 0 Å². The van der Waals surface area contributed by atoms with Crippen LogP contribution in [0.5, 0.6) is 0 Å². The lowest BCUT2D eigenvalue weighted by Crippen LogP contribution is -2.58. The van der Waals surface area contributed by atoms with E-state index >= 15 is 0 Å². The smallest absolute Gasteiger partial charge is 0.329 e. The van der Waals surface area contributed by atoms with Crippen LogP contribution in [0.4, 0.5) is 0 Å². The molecule has 0 radical (unpaired) electrons. The summed E-state index contributed by atoms with van der Waals surface area (Å²) in [5.74, 6) is -1.05. The van der Waals surface area contributed by atoms with Crippen LogP contribution in [0.25, 0.3) is 0 Å². The number of carboxylic acid groups (broad SMARTS) is 1. The Bertz CT molecular complexity index is 1300. The number of carboxylic acids is 1. The maximum atomic E-state index is 11.9. The molecule has 0 amide bonds. The second-order valence-electron chi connectivity index (χ2n) is 9.07. The van der Waals surface area contributed by atoms with Crippen LogP contribution >= 0.6 is 0 Å². The monoisotopic (exact) mass is 499 g/mol. The van der Waals surface area contributed by atoms with Crippen molar-refractivity contribution < 1.29 is 14.6 Å². The molecule has 5 aromatic carbocycles. The van der Waals surface area contributed by atoms with Crippen LogP contribution in [-0.2, 0) is 20.8 Å². The van der Waals surface area contributed by atoms with E-state index in [1.807, 2.05) is 115 Å². The predicted octanol–water partition coefficient (Wildman–Crippen LogP) is 6.57. The van der Waals surface area contributed by atoms with Crippen molar-refractivity contribution in [2.45, 2.75) is 11.3 Å². The zero-order valence-electron chi connectivity index (χ0n) is 20.9. The van der Waals surface area contributed by atoms with Crippen LogP contribution in [-0.4, -0.2) is 17.7 Å². The summed E-state index contributed by atoms with van der Waals surface area (Å²) in [6.45, 7) is -0.495. The van der Waals surface area contributed by atoms with Gasteiger partial charge in [-0.25, -0.2) is 4.79 Å². The number of hydrogen-bond acceptors (Lipinski definition) is 3. The summed E-state index contributed by atoms with van der Waals surface area (Å²) < 4.78 is 6.47. The molecule has 5 aromatic rings. The van der Waals surface area contributed by atoms with Crippen molar-refractivity contribution in [2.24, 2.45) is 0 Å². The molecule has 188 valence electrons. The summed E-state index contributed by atoms with van der Waals surface area (Å²) >= 11 is 0. The van der Waals surface area contributed by atoms with E-state index in [4.69, 9.17) is 4.74 Å². The second-order valence-corrected chi connectivity index (χ2v) is 9.07. The van der Waals surface area contributed by atoms with Gasteiger partial charge in [0.2, 0.25) is 0 Å². The van der Waals surface area contributed by atoms with Crippen LogP contribution < -0.4 is 5.32 Å². The molecule has 0 unspecified atom stereocenters. The van der Waals surface area contributed by atoms with Crippen LogP contribution in [0.2, 0.25) is 0 Å². The lowest BCUT2D eigenvalue weighted by Gasteiger charge is -2.46. The Balaban J connectivity index is 1.87. The van der Waals surface area contributed by atoms with Gasteiger partial charge in [-0.3, -0.25) is 5.32 Å². The highest BCUT2D eigenvalue weighted by Crippen LogP contribution is 2.43. The van der Waals surface area contributed by atoms with E-state index in [2.05, 4.69) is 41.7 Å². The first kappa shape index (κ1) is 25.2. The fourth-order valence-electron chi connectivity index (χ4n) is 5.07. The molecule has 0 bridgehead atoms. The Kier molecular flexibility index (Phi) is 7.45. The topological polar surface area (TPSA) is 58.6 Å². The van der Waals surface area contributed by atoms with Crippen molar-refractivity contribution >= 4 is 5.97 Å². The number of carbonyl (C=O) groups is 1. The predicted molar refractivity (Wildman–Crippen MR) is 150 cm³/mol. The number of nitrogens with one attached hydrogen (secondary N) is 1. The molecule has 0 aromatic heterocycles. The number of ether oxygens (including phenoxy) is 1. The van der Waals surface area contributed by atoms with E-state index in [9.17, 15) is 9.90 Å². The first-order chi connectivity index (χ1) is 18.6. The van der Waals surface area contributed by atoms with Crippen molar-refractivity contribution in [3.8, 4) is 0 Å². The molecule has 0 atom stereocenters. The molecule has 38 heavy (non-hydrogen) atoms. The molecule has 4 heteroatoms. The van der Waals surface area contributed by atoms with E-state index in [1.54, 1.807) is 0 Å². The third kappa shape index (κ3) is 4.88. The number of aliphatic carboxylic acids is 1. The van der Waals surface area contributed by atoms with E-state index < -0.39 is 23.8 Å². The number of hydrogen-bond donors (Lipinski definition) is 2. The van der Waals surface area contributed by atoms with Crippen LogP contribution in [0, 0.1) is 0 Å². The van der Waals surface area contributed by atoms with Gasteiger partial charge in [0.05, 0.1) is 5.54 Å². The molecule has 4 nitrogen and oxygen atoms in total. The van der Waals surface area contributed by atoms with Gasteiger partial charge in [-0.05, 0) is 16.7 Å². The SMILES string of the molecule is O=C(O)COC(NC(c1ccccc1)(c1ccccc1)c1ccccc1)(c1ccccc1)c1ccccc1. The molecule has 2 N–H and O–H groups in total. The van der Waals surface area contributed by atoms with Crippen molar-refractivity contribution in [3.05, 3.63) is 179 Å². The van der Waals surface area contributed by atoms with Gasteiger partial charge < -0.3 is 9.84 Å². The molecular formula is C34H29NO3. The first-order valence-corrected chi connectivity index (χ1v) is 12.6. The zero-order chi connectivity index (χ0) is 26.3. The highest BCUT2D eigenvalue weighted by molar-refractivity contribution is 5.68. The highest BCUT2D eigenvalue weighted by atomic mass is 16.5. The summed E-state index contributed by atoms with van der Waals surface area (Å²) in [4.78, 5) is 11.9. The van der Waals surface area contributed by atoms with Crippen molar-refractivity contribution in [1.82, 2.24) is 5.32 Å². The van der Waals surface area contributed by atoms with E-state index in [0.717, 1.165) is 27.8 Å². The van der Waals surface area contributed by atoms with Gasteiger partial charge in [0.15, 0.2) is 5.72 Å². The second kappa shape index (κ2) is 11.3. The molecule has 0 aliphatic carbocycles. The van der Waals surface area contributed by atoms with Gasteiger partial charge in [-0.15, -0.1) is 0 Å². The average molecular weight is 500 g/mol. The summed E-state index contributed by atoms with van der Waals surface area (Å²) in [5.41, 5.74) is 2.34. The van der Waals surface area contributed by atoms with Gasteiger partial charge in [0.25, 0.3) is 0 Å². The zero-order valence-corrected chi connectivity index (χ0v) is 20.9. The largest absolute Gasteiger partial charge is 0.480 e. The number of rotatable bonds is 10. The van der Waals surface area contributed by atoms with Gasteiger partial charge in [0, 0.05) is 11.1 Å². The van der Waals surface area contributed by atoms with Gasteiger partial charge in [0.1, 0.15) is 6.61 Å². The molecule has 5 rings (SSSR count). The summed E-state index contributed by atoms with van der Waals surface area (Å²) in [5, 5.41) is 13.7. The summed E-state index contributed by atoms with van der Waals surface area (Å²) in [6.07, 6.45) is 0. The molecule has 0 saturated carbocycles. The minimum absolute atomic E-state index is 0.495. The van der Waals surface area contributed by atoms with E-state index in [-0.39, 0.29) is 0 Å². The van der Waals surface area contributed by atoms with Crippen LogP contribution in [0.15, 0.2) is 152 Å². The summed E-state index contributed by atoms with van der Waals surface area (Å²) in [7, 11) is 0. The molecule has 0 spiro atoms. The lowest BCUT2D eigenvalue weighted by atomic mass is 9.75. The third-order valence-corrected chi connectivity index (χ3v) is 6.76. The average Bonchev–Trinajstić information content (AvgIpc) is 3.00. The van der Waals surface area contributed by atoms with Gasteiger partial charge in [-0.2, -0.15) is 0 Å². The van der Waals surface area contributed by atoms with Crippen molar-refractivity contribution in [2.75, 3.05) is 6.61 Å². The molecule has 0 saturated heterocycles. The fraction of sp³-hybridized carbons (Fsp3) is 0.0882. The Morgan fingerprint density at radius 3 is 1.11 bits per heavy atom. The third-order valence-electron chi connectivity index (χ3n) is 6.76. The van der Waals surface area contributed by atoms with E-state index in [1.165, 1.54) is 0 Å². The minimum atomic E-state index is -1.32. The van der Waals surface area contributed by atoms with Crippen molar-refractivity contribution in [3.63, 3.8) is 0 Å². The van der Waals surface area contributed by atoms with Crippen LogP contribution in [0.1, 0.15) is 27.8 Å². The quantitative estimate of drug-likeness (QED) is 0.169. The normalized spacial score (nSPS) is 11.7.